The van der Waals surface area contributed by atoms with E-state index in [9.17, 15) is 0 Å². The number of halogens is 1. The van der Waals surface area contributed by atoms with Crippen molar-refractivity contribution in [2.75, 3.05) is 13.1 Å². The minimum absolute atomic E-state index is 0. The number of aryl methyl sites for hydroxylation is 1. The Balaban J connectivity index is 0.00000272. The molecule has 3 aromatic rings. The minimum atomic E-state index is 0. The highest BCUT2D eigenvalue weighted by molar-refractivity contribution is 14.0. The lowest BCUT2D eigenvalue weighted by atomic mass is 9.64. The van der Waals surface area contributed by atoms with Gasteiger partial charge in [0.25, 0.3) is 0 Å². The Hall–Kier alpha value is -2.42. The zero-order chi connectivity index (χ0) is 20.8. The van der Waals surface area contributed by atoms with E-state index < -0.39 is 0 Å². The van der Waals surface area contributed by atoms with Crippen LogP contribution in [0.2, 0.25) is 0 Å². The fourth-order valence-corrected chi connectivity index (χ4v) is 4.00. The van der Waals surface area contributed by atoms with Gasteiger partial charge in [0.15, 0.2) is 5.96 Å². The van der Waals surface area contributed by atoms with E-state index in [0.717, 1.165) is 36.3 Å². The Morgan fingerprint density at radius 1 is 1.10 bits per heavy atom. The highest BCUT2D eigenvalue weighted by Crippen LogP contribution is 2.43. The zero-order valence-corrected chi connectivity index (χ0v) is 20.5. The van der Waals surface area contributed by atoms with Crippen molar-refractivity contribution in [2.45, 2.75) is 45.1 Å². The number of guanidine groups is 1. The first-order valence-corrected chi connectivity index (χ1v) is 10.7. The Labute approximate surface area is 201 Å². The molecule has 1 aliphatic rings. The molecule has 1 saturated carbocycles. The maximum Gasteiger partial charge on any atom is 0.191 e. The van der Waals surface area contributed by atoms with Crippen molar-refractivity contribution in [3.63, 3.8) is 0 Å². The third-order valence-electron chi connectivity index (χ3n) is 5.94. The molecule has 0 saturated heterocycles. The molecule has 1 aromatic carbocycles. The van der Waals surface area contributed by atoms with E-state index in [1.165, 1.54) is 24.8 Å². The summed E-state index contributed by atoms with van der Waals surface area (Å²) in [5.41, 5.74) is 2.73. The Morgan fingerprint density at radius 3 is 2.48 bits per heavy atom. The maximum atomic E-state index is 4.78. The number of benzene rings is 1. The van der Waals surface area contributed by atoms with Crippen LogP contribution in [0, 0.1) is 6.92 Å². The summed E-state index contributed by atoms with van der Waals surface area (Å²) in [4.78, 5) is 13.6. The van der Waals surface area contributed by atoms with Crippen molar-refractivity contribution < 1.29 is 0 Å². The SMILES string of the molecule is CCNC(=NCc1ccc(-n2ccnc2C)nc1)NCC1(c2ccccc2)CCC1.I. The Morgan fingerprint density at radius 2 is 1.90 bits per heavy atom. The second-order valence-corrected chi connectivity index (χ2v) is 7.92. The third kappa shape index (κ3) is 5.44. The normalized spacial score (nSPS) is 15.0. The lowest BCUT2D eigenvalue weighted by Crippen LogP contribution is -2.48. The van der Waals surface area contributed by atoms with Crippen LogP contribution < -0.4 is 10.6 Å². The molecule has 0 bridgehead atoms. The quantitative estimate of drug-likeness (QED) is 0.271. The average molecular weight is 530 g/mol. The monoisotopic (exact) mass is 530 g/mol. The zero-order valence-electron chi connectivity index (χ0n) is 18.2. The van der Waals surface area contributed by atoms with E-state index in [1.54, 1.807) is 6.20 Å². The molecule has 2 aromatic heterocycles. The summed E-state index contributed by atoms with van der Waals surface area (Å²) in [5.74, 6) is 2.65. The molecule has 0 amide bonds. The molecule has 6 nitrogen and oxygen atoms in total. The van der Waals surface area contributed by atoms with Crippen molar-refractivity contribution in [3.05, 3.63) is 78.0 Å². The molecule has 7 heteroatoms. The van der Waals surface area contributed by atoms with E-state index in [1.807, 2.05) is 30.0 Å². The van der Waals surface area contributed by atoms with Crippen LogP contribution in [-0.2, 0) is 12.0 Å². The molecular formula is C24H31IN6. The van der Waals surface area contributed by atoms with E-state index in [0.29, 0.717) is 6.54 Å². The molecule has 0 unspecified atom stereocenters. The minimum Gasteiger partial charge on any atom is -0.357 e. The molecule has 1 aliphatic carbocycles. The van der Waals surface area contributed by atoms with Crippen LogP contribution in [0.4, 0.5) is 0 Å². The number of imidazole rings is 1. The van der Waals surface area contributed by atoms with Crippen molar-refractivity contribution in [3.8, 4) is 5.82 Å². The summed E-state index contributed by atoms with van der Waals surface area (Å²) in [7, 11) is 0. The summed E-state index contributed by atoms with van der Waals surface area (Å²) >= 11 is 0. The van der Waals surface area contributed by atoms with Crippen LogP contribution in [0.15, 0.2) is 66.0 Å². The highest BCUT2D eigenvalue weighted by atomic mass is 127. The van der Waals surface area contributed by atoms with Crippen LogP contribution >= 0.6 is 24.0 Å². The van der Waals surface area contributed by atoms with Crippen molar-refractivity contribution in [1.29, 1.82) is 0 Å². The van der Waals surface area contributed by atoms with Gasteiger partial charge in [-0.3, -0.25) is 4.57 Å². The van der Waals surface area contributed by atoms with Gasteiger partial charge in [-0.1, -0.05) is 42.8 Å². The van der Waals surface area contributed by atoms with Gasteiger partial charge in [-0.05, 0) is 43.9 Å². The van der Waals surface area contributed by atoms with E-state index in [4.69, 9.17) is 4.99 Å². The first-order chi connectivity index (χ1) is 14.7. The number of nitrogens with one attached hydrogen (secondary N) is 2. The summed E-state index contributed by atoms with van der Waals surface area (Å²) in [6.07, 6.45) is 9.34. The summed E-state index contributed by atoms with van der Waals surface area (Å²) < 4.78 is 1.97. The van der Waals surface area contributed by atoms with Gasteiger partial charge in [0.1, 0.15) is 11.6 Å². The first kappa shape index (κ1) is 23.2. The molecule has 31 heavy (non-hydrogen) atoms. The van der Waals surface area contributed by atoms with E-state index >= 15 is 0 Å². The van der Waals surface area contributed by atoms with E-state index in [-0.39, 0.29) is 29.4 Å². The molecule has 4 rings (SSSR count). The predicted molar refractivity (Wildman–Crippen MR) is 136 cm³/mol. The number of pyridine rings is 1. The van der Waals surface area contributed by atoms with Crippen LogP contribution in [0.5, 0.6) is 0 Å². The average Bonchev–Trinajstić information content (AvgIpc) is 3.18. The first-order valence-electron chi connectivity index (χ1n) is 10.7. The number of hydrogen-bond acceptors (Lipinski definition) is 3. The van der Waals surface area contributed by atoms with Crippen molar-refractivity contribution in [1.82, 2.24) is 25.2 Å². The van der Waals surface area contributed by atoms with Crippen molar-refractivity contribution in [2.24, 2.45) is 4.99 Å². The second kappa shape index (κ2) is 10.7. The lowest BCUT2D eigenvalue weighted by Gasteiger charge is -2.43. The van der Waals surface area contributed by atoms with Crippen LogP contribution in [0.3, 0.4) is 0 Å². The molecule has 0 spiro atoms. The molecule has 0 radical (unpaired) electrons. The molecule has 1 fully saturated rings. The Bertz CT molecular complexity index is 977. The predicted octanol–water partition coefficient (Wildman–Crippen LogP) is 4.37. The molecule has 0 aliphatic heterocycles. The van der Waals surface area contributed by atoms with Gasteiger partial charge >= 0.3 is 0 Å². The van der Waals surface area contributed by atoms with Gasteiger partial charge in [0.2, 0.25) is 0 Å². The van der Waals surface area contributed by atoms with Crippen LogP contribution in [0.25, 0.3) is 5.82 Å². The number of rotatable bonds is 7. The van der Waals surface area contributed by atoms with Crippen LogP contribution in [-0.4, -0.2) is 33.6 Å². The van der Waals surface area contributed by atoms with Gasteiger partial charge in [-0.25, -0.2) is 15.0 Å². The number of aromatic nitrogens is 3. The fourth-order valence-electron chi connectivity index (χ4n) is 4.00. The molecule has 2 N–H and O–H groups in total. The number of aliphatic imine (C=N–C) groups is 1. The topological polar surface area (TPSA) is 67.1 Å². The molecular weight excluding hydrogens is 499 g/mol. The smallest absolute Gasteiger partial charge is 0.191 e. The maximum absolute atomic E-state index is 4.78. The van der Waals surface area contributed by atoms with Gasteiger partial charge < -0.3 is 10.6 Å². The van der Waals surface area contributed by atoms with Gasteiger partial charge in [-0.2, -0.15) is 0 Å². The second-order valence-electron chi connectivity index (χ2n) is 7.92. The standard InChI is InChI=1S/C24H30N6.HI/c1-3-25-23(29-18-24(12-7-13-24)21-8-5-4-6-9-21)28-17-20-10-11-22(27-16-20)30-15-14-26-19(30)2;/h4-6,8-11,14-16H,3,7,12-13,17-18H2,1-2H3,(H2,25,28,29);1H. The van der Waals surface area contributed by atoms with E-state index in [2.05, 4.69) is 63.9 Å². The summed E-state index contributed by atoms with van der Waals surface area (Å²) in [6, 6.07) is 14.9. The van der Waals surface area contributed by atoms with Crippen molar-refractivity contribution >= 4 is 29.9 Å². The summed E-state index contributed by atoms with van der Waals surface area (Å²) in [5, 5.41) is 6.95. The van der Waals surface area contributed by atoms with Crippen LogP contribution in [0.1, 0.15) is 43.1 Å². The summed E-state index contributed by atoms with van der Waals surface area (Å²) in [6.45, 7) is 6.39. The number of nitrogens with zero attached hydrogens (tertiary/aromatic N) is 4. The molecule has 164 valence electrons. The highest BCUT2D eigenvalue weighted by Gasteiger charge is 2.38. The Kier molecular flexibility index (Phi) is 8.06. The lowest BCUT2D eigenvalue weighted by molar-refractivity contribution is 0.244. The molecule has 2 heterocycles. The van der Waals surface area contributed by atoms with Gasteiger partial charge in [-0.15, -0.1) is 24.0 Å². The van der Waals surface area contributed by atoms with Gasteiger partial charge in [0, 0.05) is 37.1 Å². The van der Waals surface area contributed by atoms with Gasteiger partial charge in [0.05, 0.1) is 6.54 Å². The number of hydrogen-bond donors (Lipinski definition) is 2. The molecule has 0 atom stereocenters. The largest absolute Gasteiger partial charge is 0.357 e. The third-order valence-corrected chi connectivity index (χ3v) is 5.94. The fraction of sp³-hybridized carbons (Fsp3) is 0.375.